The predicted octanol–water partition coefficient (Wildman–Crippen LogP) is 3.45. The number of aromatic nitrogens is 2. The molecule has 1 aromatic heterocycles. The number of nitrogens with two attached hydrogens (primary N) is 1. The van der Waals surface area contributed by atoms with Crippen molar-refractivity contribution in [3.05, 3.63) is 45.7 Å². The number of anilines is 1. The van der Waals surface area contributed by atoms with Crippen LogP contribution in [-0.2, 0) is 13.5 Å². The summed E-state index contributed by atoms with van der Waals surface area (Å²) in [5.41, 5.74) is 12.6. The van der Waals surface area contributed by atoms with E-state index in [1.165, 1.54) is 16.7 Å². The lowest BCUT2D eigenvalue weighted by Crippen LogP contribution is -1.89. The maximum absolute atomic E-state index is 6.28. The average Bonchev–Trinajstić information content (AvgIpc) is 2.86. The summed E-state index contributed by atoms with van der Waals surface area (Å²) in [6.45, 7) is 1.98. The van der Waals surface area contributed by atoms with Crippen molar-refractivity contribution in [3.63, 3.8) is 0 Å². The van der Waals surface area contributed by atoms with Crippen molar-refractivity contribution in [1.82, 2.24) is 9.78 Å². The van der Waals surface area contributed by atoms with Gasteiger partial charge in [0.25, 0.3) is 0 Å². The van der Waals surface area contributed by atoms with Crippen molar-refractivity contribution in [2.45, 2.75) is 19.8 Å². The van der Waals surface area contributed by atoms with E-state index < -0.39 is 0 Å². The van der Waals surface area contributed by atoms with Crippen LogP contribution in [0.5, 0.6) is 0 Å². The molecule has 0 amide bonds. The highest BCUT2D eigenvalue weighted by molar-refractivity contribution is 6.31. The Labute approximate surface area is 117 Å². The van der Waals surface area contributed by atoms with E-state index in [4.69, 9.17) is 17.3 Å². The lowest BCUT2D eigenvalue weighted by atomic mass is 10.0. The summed E-state index contributed by atoms with van der Waals surface area (Å²) in [6, 6.07) is 6.12. The fourth-order valence-electron chi connectivity index (χ4n) is 2.67. The second-order valence-electron chi connectivity index (χ2n) is 5.00. The molecular weight excluding hydrogens is 258 g/mol. The summed E-state index contributed by atoms with van der Waals surface area (Å²) in [6.07, 6.45) is 4.24. The van der Waals surface area contributed by atoms with Crippen LogP contribution in [0.3, 0.4) is 0 Å². The third-order valence-electron chi connectivity index (χ3n) is 3.65. The zero-order valence-corrected chi connectivity index (χ0v) is 11.8. The molecule has 0 unspecified atom stereocenters. The van der Waals surface area contributed by atoms with Gasteiger partial charge in [-0.3, -0.25) is 4.68 Å². The van der Waals surface area contributed by atoms with Gasteiger partial charge in [0.05, 0.1) is 5.69 Å². The van der Waals surface area contributed by atoms with Gasteiger partial charge in [0.15, 0.2) is 0 Å². The molecule has 19 heavy (non-hydrogen) atoms. The number of nitrogen functional groups attached to an aromatic ring is 1. The Morgan fingerprint density at radius 1 is 1.37 bits per heavy atom. The molecule has 1 aromatic carbocycles. The Balaban J connectivity index is 2.08. The molecule has 1 aliphatic carbocycles. The molecule has 0 spiro atoms. The summed E-state index contributed by atoms with van der Waals surface area (Å²) in [7, 11) is 1.86. The number of hydrogen-bond donors (Lipinski definition) is 1. The Bertz CT molecular complexity index is 683. The van der Waals surface area contributed by atoms with Crippen molar-refractivity contribution in [1.29, 1.82) is 0 Å². The maximum Gasteiger partial charge on any atom is 0.134 e. The summed E-state index contributed by atoms with van der Waals surface area (Å²) in [5.74, 6) is 0. The maximum atomic E-state index is 6.28. The van der Waals surface area contributed by atoms with E-state index in [1.54, 1.807) is 4.68 Å². The van der Waals surface area contributed by atoms with Gasteiger partial charge < -0.3 is 5.73 Å². The molecule has 1 heterocycles. The SMILES string of the molecule is Cc1nn(C)c(Cl)c1/C=C1/CCc2cc(N)ccc21. The Hall–Kier alpha value is -1.74. The van der Waals surface area contributed by atoms with Gasteiger partial charge in [-0.15, -0.1) is 0 Å². The van der Waals surface area contributed by atoms with E-state index >= 15 is 0 Å². The summed E-state index contributed by atoms with van der Waals surface area (Å²) >= 11 is 6.28. The zero-order chi connectivity index (χ0) is 13.6. The van der Waals surface area contributed by atoms with Gasteiger partial charge in [0.2, 0.25) is 0 Å². The van der Waals surface area contributed by atoms with E-state index in [0.29, 0.717) is 5.15 Å². The molecule has 0 saturated carbocycles. The van der Waals surface area contributed by atoms with E-state index in [0.717, 1.165) is 29.8 Å². The quantitative estimate of drug-likeness (QED) is 0.809. The zero-order valence-electron chi connectivity index (χ0n) is 11.1. The van der Waals surface area contributed by atoms with Crippen LogP contribution in [0.1, 0.15) is 28.8 Å². The first-order valence-electron chi connectivity index (χ1n) is 6.34. The minimum atomic E-state index is 0.689. The van der Waals surface area contributed by atoms with Gasteiger partial charge in [0, 0.05) is 18.3 Å². The molecule has 2 aromatic rings. The van der Waals surface area contributed by atoms with E-state index in [-0.39, 0.29) is 0 Å². The number of aryl methyl sites for hydroxylation is 3. The molecule has 0 atom stereocenters. The highest BCUT2D eigenvalue weighted by atomic mass is 35.5. The van der Waals surface area contributed by atoms with Crippen molar-refractivity contribution in [2.24, 2.45) is 7.05 Å². The number of allylic oxidation sites excluding steroid dienone is 1. The number of halogens is 1. The molecule has 0 radical (unpaired) electrons. The third-order valence-corrected chi connectivity index (χ3v) is 4.10. The standard InChI is InChI=1S/C15H16ClN3/c1-9-14(15(16)19(2)18-9)8-11-4-3-10-7-12(17)5-6-13(10)11/h5-8H,3-4,17H2,1-2H3/b11-8-. The van der Waals surface area contributed by atoms with Gasteiger partial charge in [-0.2, -0.15) is 5.10 Å². The van der Waals surface area contributed by atoms with Gasteiger partial charge >= 0.3 is 0 Å². The second kappa shape index (κ2) is 4.42. The van der Waals surface area contributed by atoms with E-state index in [2.05, 4.69) is 23.3 Å². The van der Waals surface area contributed by atoms with Crippen LogP contribution in [0, 0.1) is 6.92 Å². The average molecular weight is 274 g/mol. The monoisotopic (exact) mass is 273 g/mol. The number of fused-ring (bicyclic) bond motifs is 1. The lowest BCUT2D eigenvalue weighted by molar-refractivity contribution is 0.757. The Kier molecular flexibility index (Phi) is 2.86. The number of rotatable bonds is 1. The molecule has 3 nitrogen and oxygen atoms in total. The van der Waals surface area contributed by atoms with Gasteiger partial charge in [0.1, 0.15) is 5.15 Å². The topological polar surface area (TPSA) is 43.8 Å². The fraction of sp³-hybridized carbons (Fsp3) is 0.267. The largest absolute Gasteiger partial charge is 0.399 e. The van der Waals surface area contributed by atoms with E-state index in [9.17, 15) is 0 Å². The summed E-state index contributed by atoms with van der Waals surface area (Å²) < 4.78 is 1.71. The predicted molar refractivity (Wildman–Crippen MR) is 80.0 cm³/mol. The second-order valence-corrected chi connectivity index (χ2v) is 5.36. The van der Waals surface area contributed by atoms with Crippen LogP contribution < -0.4 is 5.73 Å². The van der Waals surface area contributed by atoms with Crippen molar-refractivity contribution < 1.29 is 0 Å². The number of hydrogen-bond acceptors (Lipinski definition) is 2. The van der Waals surface area contributed by atoms with Gasteiger partial charge in [-0.05, 0) is 54.7 Å². The molecule has 0 aliphatic heterocycles. The third kappa shape index (κ3) is 2.04. The fourth-order valence-corrected chi connectivity index (χ4v) is 2.90. The molecule has 0 bridgehead atoms. The van der Waals surface area contributed by atoms with Crippen molar-refractivity contribution >= 4 is 28.9 Å². The number of benzene rings is 1. The van der Waals surface area contributed by atoms with E-state index in [1.807, 2.05) is 20.0 Å². The molecule has 1 aliphatic rings. The molecule has 98 valence electrons. The molecule has 0 saturated heterocycles. The minimum Gasteiger partial charge on any atom is -0.399 e. The molecule has 4 heteroatoms. The van der Waals surface area contributed by atoms with Crippen LogP contribution in [0.2, 0.25) is 5.15 Å². The molecule has 0 fully saturated rings. The van der Waals surface area contributed by atoms with Gasteiger partial charge in [-0.25, -0.2) is 0 Å². The first kappa shape index (κ1) is 12.3. The first-order chi connectivity index (χ1) is 9.06. The van der Waals surface area contributed by atoms with Crippen LogP contribution in [0.4, 0.5) is 5.69 Å². The smallest absolute Gasteiger partial charge is 0.134 e. The lowest BCUT2D eigenvalue weighted by Gasteiger charge is -2.02. The van der Waals surface area contributed by atoms with Crippen LogP contribution in [0.15, 0.2) is 18.2 Å². The minimum absolute atomic E-state index is 0.689. The highest BCUT2D eigenvalue weighted by Crippen LogP contribution is 2.36. The van der Waals surface area contributed by atoms with Crippen molar-refractivity contribution in [2.75, 3.05) is 5.73 Å². The van der Waals surface area contributed by atoms with Crippen LogP contribution in [0.25, 0.3) is 11.6 Å². The molecule has 3 rings (SSSR count). The normalized spacial score (nSPS) is 16.1. The van der Waals surface area contributed by atoms with Crippen LogP contribution in [-0.4, -0.2) is 9.78 Å². The van der Waals surface area contributed by atoms with Crippen LogP contribution >= 0.6 is 11.6 Å². The summed E-state index contributed by atoms with van der Waals surface area (Å²) in [5, 5.41) is 5.03. The molecule has 2 N–H and O–H groups in total. The van der Waals surface area contributed by atoms with Crippen molar-refractivity contribution in [3.8, 4) is 0 Å². The van der Waals surface area contributed by atoms with Gasteiger partial charge in [-0.1, -0.05) is 17.7 Å². The Morgan fingerprint density at radius 3 is 2.84 bits per heavy atom. The first-order valence-corrected chi connectivity index (χ1v) is 6.72. The Morgan fingerprint density at radius 2 is 2.16 bits per heavy atom. The highest BCUT2D eigenvalue weighted by Gasteiger charge is 2.18. The number of nitrogens with zero attached hydrogens (tertiary/aromatic N) is 2. The molecular formula is C15H16ClN3. The summed E-state index contributed by atoms with van der Waals surface area (Å²) in [4.78, 5) is 0.